The van der Waals surface area contributed by atoms with E-state index in [1.54, 1.807) is 0 Å². The molecular formula is C18H27N3O2. The van der Waals surface area contributed by atoms with Crippen molar-refractivity contribution in [1.29, 1.82) is 0 Å². The molecule has 5 nitrogen and oxygen atoms in total. The van der Waals surface area contributed by atoms with Gasteiger partial charge in [0.1, 0.15) is 5.75 Å². The molecule has 0 radical (unpaired) electrons. The molecule has 3 rings (SSSR count). The van der Waals surface area contributed by atoms with E-state index in [1.165, 1.54) is 0 Å². The van der Waals surface area contributed by atoms with Gasteiger partial charge in [0.2, 0.25) is 5.91 Å². The van der Waals surface area contributed by atoms with Gasteiger partial charge in [-0.3, -0.25) is 4.79 Å². The standard InChI is InChI=1S/C18H27N3O2/c1-13(2)23-17-12-15(5-6-16(17)19)20-10-7-14(8-11-20)21-9-3-4-18(21)22/h5-6,12-14H,3-4,7-11,19H2,1-2H3. The van der Waals surface area contributed by atoms with Crippen molar-refractivity contribution in [2.24, 2.45) is 0 Å². The van der Waals surface area contributed by atoms with Crippen LogP contribution in [0.25, 0.3) is 0 Å². The number of benzene rings is 1. The molecule has 0 unspecified atom stereocenters. The van der Waals surface area contributed by atoms with Crippen molar-refractivity contribution in [3.8, 4) is 5.75 Å². The predicted molar refractivity (Wildman–Crippen MR) is 92.8 cm³/mol. The molecule has 0 bridgehead atoms. The highest BCUT2D eigenvalue weighted by Crippen LogP contribution is 2.31. The maximum Gasteiger partial charge on any atom is 0.222 e. The van der Waals surface area contributed by atoms with Crippen molar-refractivity contribution in [1.82, 2.24) is 4.90 Å². The topological polar surface area (TPSA) is 58.8 Å². The second-order valence-corrected chi connectivity index (χ2v) is 6.80. The number of nitrogens with two attached hydrogens (primary N) is 1. The highest BCUT2D eigenvalue weighted by Gasteiger charge is 2.30. The number of hydrogen-bond donors (Lipinski definition) is 1. The lowest BCUT2D eigenvalue weighted by atomic mass is 10.0. The molecular weight excluding hydrogens is 290 g/mol. The zero-order valence-corrected chi connectivity index (χ0v) is 14.1. The number of piperidine rings is 1. The molecule has 2 fully saturated rings. The van der Waals surface area contributed by atoms with E-state index in [-0.39, 0.29) is 6.10 Å². The van der Waals surface area contributed by atoms with Crippen molar-refractivity contribution < 1.29 is 9.53 Å². The number of hydrogen-bond acceptors (Lipinski definition) is 4. The van der Waals surface area contributed by atoms with Gasteiger partial charge in [-0.1, -0.05) is 0 Å². The first-order chi connectivity index (χ1) is 11.0. The minimum Gasteiger partial charge on any atom is -0.489 e. The van der Waals surface area contributed by atoms with Crippen LogP contribution in [0.15, 0.2) is 18.2 Å². The SMILES string of the molecule is CC(C)Oc1cc(N2CCC(N3CCCC3=O)CC2)ccc1N. The van der Waals surface area contributed by atoms with Gasteiger partial charge >= 0.3 is 0 Å². The maximum absolute atomic E-state index is 11.9. The average Bonchev–Trinajstić information content (AvgIpc) is 2.95. The summed E-state index contributed by atoms with van der Waals surface area (Å²) in [4.78, 5) is 16.3. The summed E-state index contributed by atoms with van der Waals surface area (Å²) in [6, 6.07) is 6.44. The Hall–Kier alpha value is -1.91. The van der Waals surface area contributed by atoms with E-state index >= 15 is 0 Å². The van der Waals surface area contributed by atoms with Gasteiger partial charge in [0, 0.05) is 43.9 Å². The second-order valence-electron chi connectivity index (χ2n) is 6.80. The summed E-state index contributed by atoms with van der Waals surface area (Å²) in [5.74, 6) is 1.10. The predicted octanol–water partition coefficient (Wildman–Crippen LogP) is 2.65. The van der Waals surface area contributed by atoms with E-state index in [9.17, 15) is 4.79 Å². The Morgan fingerprint density at radius 2 is 1.96 bits per heavy atom. The molecule has 126 valence electrons. The summed E-state index contributed by atoms with van der Waals surface area (Å²) in [5.41, 5.74) is 7.83. The Morgan fingerprint density at radius 3 is 2.57 bits per heavy atom. The van der Waals surface area contributed by atoms with Crippen molar-refractivity contribution in [2.45, 2.75) is 51.7 Å². The number of likely N-dealkylation sites (tertiary alicyclic amines) is 1. The zero-order chi connectivity index (χ0) is 16.4. The van der Waals surface area contributed by atoms with Crippen LogP contribution in [0.3, 0.4) is 0 Å². The normalized spacial score (nSPS) is 19.7. The van der Waals surface area contributed by atoms with E-state index in [0.717, 1.165) is 56.8 Å². The van der Waals surface area contributed by atoms with E-state index < -0.39 is 0 Å². The Kier molecular flexibility index (Phi) is 4.64. The van der Waals surface area contributed by atoms with Crippen LogP contribution in [-0.4, -0.2) is 42.6 Å². The molecule has 2 N–H and O–H groups in total. The highest BCUT2D eigenvalue weighted by atomic mass is 16.5. The highest BCUT2D eigenvalue weighted by molar-refractivity contribution is 5.78. The Balaban J connectivity index is 1.64. The molecule has 0 atom stereocenters. The Morgan fingerprint density at radius 1 is 1.22 bits per heavy atom. The average molecular weight is 317 g/mol. The number of ether oxygens (including phenoxy) is 1. The molecule has 2 saturated heterocycles. The van der Waals surface area contributed by atoms with Gasteiger partial charge < -0.3 is 20.3 Å². The van der Waals surface area contributed by atoms with Gasteiger partial charge in [0.05, 0.1) is 11.8 Å². The lowest BCUT2D eigenvalue weighted by Crippen LogP contribution is -2.45. The molecule has 2 aliphatic heterocycles. The van der Waals surface area contributed by atoms with Crippen LogP contribution in [0.2, 0.25) is 0 Å². The molecule has 1 aromatic rings. The number of rotatable bonds is 4. The smallest absolute Gasteiger partial charge is 0.222 e. The molecule has 1 aromatic carbocycles. The quantitative estimate of drug-likeness (QED) is 0.867. The molecule has 2 heterocycles. The lowest BCUT2D eigenvalue weighted by Gasteiger charge is -2.38. The Bertz CT molecular complexity index is 565. The van der Waals surface area contributed by atoms with E-state index in [1.807, 2.05) is 26.0 Å². The third kappa shape index (κ3) is 3.54. The van der Waals surface area contributed by atoms with Crippen molar-refractivity contribution in [3.63, 3.8) is 0 Å². The van der Waals surface area contributed by atoms with Gasteiger partial charge in [-0.2, -0.15) is 0 Å². The van der Waals surface area contributed by atoms with Crippen LogP contribution < -0.4 is 15.4 Å². The van der Waals surface area contributed by atoms with Crippen LogP contribution in [0.1, 0.15) is 39.5 Å². The van der Waals surface area contributed by atoms with E-state index in [4.69, 9.17) is 10.5 Å². The van der Waals surface area contributed by atoms with Gasteiger partial charge in [-0.15, -0.1) is 0 Å². The molecule has 0 spiro atoms. The number of nitrogen functional groups attached to an aromatic ring is 1. The number of amides is 1. The first-order valence-corrected chi connectivity index (χ1v) is 8.65. The van der Waals surface area contributed by atoms with Gasteiger partial charge in [0.15, 0.2) is 0 Å². The third-order valence-electron chi connectivity index (χ3n) is 4.74. The fraction of sp³-hybridized carbons (Fsp3) is 0.611. The van der Waals surface area contributed by atoms with Gasteiger partial charge in [0.25, 0.3) is 0 Å². The largest absolute Gasteiger partial charge is 0.489 e. The molecule has 23 heavy (non-hydrogen) atoms. The first-order valence-electron chi connectivity index (χ1n) is 8.65. The number of anilines is 2. The Labute approximate surface area is 138 Å². The summed E-state index contributed by atoms with van der Waals surface area (Å²) in [6.07, 6.45) is 3.94. The number of nitrogens with zero attached hydrogens (tertiary/aromatic N) is 2. The van der Waals surface area contributed by atoms with Gasteiger partial charge in [-0.25, -0.2) is 0 Å². The van der Waals surface area contributed by atoms with Crippen LogP contribution in [0, 0.1) is 0 Å². The zero-order valence-electron chi connectivity index (χ0n) is 14.1. The first kappa shape index (κ1) is 16.0. The molecule has 2 aliphatic rings. The fourth-order valence-corrected chi connectivity index (χ4v) is 3.57. The lowest BCUT2D eigenvalue weighted by molar-refractivity contribution is -0.130. The van der Waals surface area contributed by atoms with Crippen LogP contribution >= 0.6 is 0 Å². The second kappa shape index (κ2) is 6.69. The number of carbonyl (C=O) groups excluding carboxylic acids is 1. The monoisotopic (exact) mass is 317 g/mol. The van der Waals surface area contributed by atoms with Crippen molar-refractivity contribution in [2.75, 3.05) is 30.3 Å². The van der Waals surface area contributed by atoms with Crippen LogP contribution in [-0.2, 0) is 4.79 Å². The number of carbonyl (C=O) groups is 1. The molecule has 0 aromatic heterocycles. The summed E-state index contributed by atoms with van der Waals surface area (Å²) in [6.45, 7) is 6.89. The summed E-state index contributed by atoms with van der Waals surface area (Å²) in [5, 5.41) is 0. The molecule has 1 amide bonds. The molecule has 0 saturated carbocycles. The van der Waals surface area contributed by atoms with E-state index in [2.05, 4.69) is 15.9 Å². The summed E-state index contributed by atoms with van der Waals surface area (Å²) in [7, 11) is 0. The third-order valence-corrected chi connectivity index (χ3v) is 4.74. The minimum atomic E-state index is 0.111. The summed E-state index contributed by atoms with van der Waals surface area (Å²) < 4.78 is 5.79. The fourth-order valence-electron chi connectivity index (χ4n) is 3.57. The van der Waals surface area contributed by atoms with Crippen LogP contribution in [0.4, 0.5) is 11.4 Å². The van der Waals surface area contributed by atoms with Crippen molar-refractivity contribution in [3.05, 3.63) is 18.2 Å². The van der Waals surface area contributed by atoms with Crippen LogP contribution in [0.5, 0.6) is 5.75 Å². The molecule has 0 aliphatic carbocycles. The van der Waals surface area contributed by atoms with Crippen molar-refractivity contribution >= 4 is 17.3 Å². The molecule has 5 heteroatoms. The van der Waals surface area contributed by atoms with Gasteiger partial charge in [-0.05, 0) is 45.2 Å². The van der Waals surface area contributed by atoms with E-state index in [0.29, 0.717) is 17.6 Å². The minimum absolute atomic E-state index is 0.111. The maximum atomic E-state index is 11.9. The summed E-state index contributed by atoms with van der Waals surface area (Å²) >= 11 is 0.